The molecular weight excluding hydrogens is 342 g/mol. The summed E-state index contributed by atoms with van der Waals surface area (Å²) in [6.07, 6.45) is 8.23. The van der Waals surface area contributed by atoms with Gasteiger partial charge < -0.3 is 10.2 Å². The van der Waals surface area contributed by atoms with Crippen molar-refractivity contribution in [2.75, 3.05) is 6.54 Å². The Hall–Kier alpha value is -2.63. The summed E-state index contributed by atoms with van der Waals surface area (Å²) in [4.78, 5) is 41.5. The van der Waals surface area contributed by atoms with Crippen molar-refractivity contribution in [3.63, 3.8) is 0 Å². The molecule has 0 spiro atoms. The quantitative estimate of drug-likeness (QED) is 0.814. The van der Waals surface area contributed by atoms with E-state index >= 15 is 0 Å². The molecule has 1 N–H and O–H groups in total. The van der Waals surface area contributed by atoms with E-state index in [0.29, 0.717) is 5.56 Å². The van der Waals surface area contributed by atoms with E-state index in [1.807, 2.05) is 35.2 Å². The Morgan fingerprint density at radius 2 is 1.96 bits per heavy atom. The second-order valence-corrected chi connectivity index (χ2v) is 7.75. The van der Waals surface area contributed by atoms with Crippen molar-refractivity contribution < 1.29 is 14.4 Å². The lowest BCUT2D eigenvalue weighted by Crippen LogP contribution is -2.45. The van der Waals surface area contributed by atoms with E-state index in [-0.39, 0.29) is 24.4 Å². The number of nitrogens with zero attached hydrogens (tertiary/aromatic N) is 2. The third-order valence-corrected chi connectivity index (χ3v) is 5.68. The van der Waals surface area contributed by atoms with Crippen LogP contribution in [0.25, 0.3) is 0 Å². The molecule has 6 nitrogen and oxygen atoms in total. The topological polar surface area (TPSA) is 69.7 Å². The summed E-state index contributed by atoms with van der Waals surface area (Å²) in [7, 11) is 0. The van der Waals surface area contributed by atoms with Crippen LogP contribution in [0.5, 0.6) is 0 Å². The number of urea groups is 1. The van der Waals surface area contributed by atoms with Crippen molar-refractivity contribution >= 4 is 17.8 Å². The van der Waals surface area contributed by atoms with Crippen molar-refractivity contribution in [1.82, 2.24) is 15.1 Å². The van der Waals surface area contributed by atoms with Gasteiger partial charge in [0, 0.05) is 11.7 Å². The molecular formula is C21H25N3O3. The van der Waals surface area contributed by atoms with Gasteiger partial charge in [0.2, 0.25) is 5.91 Å². The SMILES string of the molecule is C[C@]1(c2ccccc2)NC(=O)N(CC(=O)N(C2=CCCCC2)C2CC2)C1=O. The number of carbonyl (C=O) groups excluding carboxylic acids is 3. The molecule has 4 amide bonds. The first-order valence-electron chi connectivity index (χ1n) is 9.71. The molecule has 3 aliphatic rings. The smallest absolute Gasteiger partial charge is 0.319 e. The lowest BCUT2D eigenvalue weighted by atomic mass is 9.92. The van der Waals surface area contributed by atoms with Gasteiger partial charge in [0.25, 0.3) is 5.91 Å². The average molecular weight is 367 g/mol. The van der Waals surface area contributed by atoms with Crippen LogP contribution in [0, 0.1) is 0 Å². The highest BCUT2D eigenvalue weighted by Crippen LogP contribution is 2.34. The molecule has 1 saturated heterocycles. The van der Waals surface area contributed by atoms with E-state index in [9.17, 15) is 14.4 Å². The fraction of sp³-hybridized carbons (Fsp3) is 0.476. The number of nitrogens with one attached hydrogen (secondary N) is 1. The molecule has 1 aromatic carbocycles. The van der Waals surface area contributed by atoms with Gasteiger partial charge in [0.1, 0.15) is 12.1 Å². The fourth-order valence-electron chi connectivity index (χ4n) is 3.99. The molecule has 2 aliphatic carbocycles. The molecule has 4 rings (SSSR count). The molecule has 1 aromatic rings. The zero-order valence-electron chi connectivity index (χ0n) is 15.6. The first kappa shape index (κ1) is 17.8. The Balaban J connectivity index is 1.53. The van der Waals surface area contributed by atoms with Crippen LogP contribution in [0.3, 0.4) is 0 Å². The molecule has 6 heteroatoms. The molecule has 27 heavy (non-hydrogen) atoms. The Morgan fingerprint density at radius 3 is 2.59 bits per heavy atom. The number of amides is 4. The zero-order valence-corrected chi connectivity index (χ0v) is 15.6. The van der Waals surface area contributed by atoms with Crippen LogP contribution in [0.4, 0.5) is 4.79 Å². The van der Waals surface area contributed by atoms with Gasteiger partial charge >= 0.3 is 6.03 Å². The van der Waals surface area contributed by atoms with Crippen molar-refractivity contribution in [2.24, 2.45) is 0 Å². The van der Waals surface area contributed by atoms with Gasteiger partial charge in [0.05, 0.1) is 0 Å². The van der Waals surface area contributed by atoms with Crippen LogP contribution < -0.4 is 5.32 Å². The molecule has 1 heterocycles. The maximum Gasteiger partial charge on any atom is 0.325 e. The number of benzene rings is 1. The molecule has 0 aromatic heterocycles. The lowest BCUT2D eigenvalue weighted by molar-refractivity contribution is -0.138. The third kappa shape index (κ3) is 3.24. The van der Waals surface area contributed by atoms with E-state index in [2.05, 4.69) is 11.4 Å². The minimum atomic E-state index is -1.13. The van der Waals surface area contributed by atoms with Crippen LogP contribution >= 0.6 is 0 Å². The van der Waals surface area contributed by atoms with Gasteiger partial charge in [-0.3, -0.25) is 14.5 Å². The molecule has 0 bridgehead atoms. The Kier molecular flexibility index (Phi) is 4.50. The summed E-state index contributed by atoms with van der Waals surface area (Å²) in [6.45, 7) is 1.48. The molecule has 1 aliphatic heterocycles. The second kappa shape index (κ2) is 6.83. The number of carbonyl (C=O) groups is 3. The Bertz CT molecular complexity index is 800. The lowest BCUT2D eigenvalue weighted by Gasteiger charge is -2.29. The number of imide groups is 1. The van der Waals surface area contributed by atoms with Crippen LogP contribution in [0.2, 0.25) is 0 Å². The number of hydrogen-bond donors (Lipinski definition) is 1. The molecule has 1 atom stereocenters. The monoisotopic (exact) mass is 367 g/mol. The second-order valence-electron chi connectivity index (χ2n) is 7.75. The summed E-state index contributed by atoms with van der Waals surface area (Å²) in [6, 6.07) is 8.87. The van der Waals surface area contributed by atoms with Crippen LogP contribution in [0.1, 0.15) is 51.0 Å². The first-order valence-corrected chi connectivity index (χ1v) is 9.71. The molecule has 0 unspecified atom stereocenters. The van der Waals surface area contributed by atoms with E-state index in [0.717, 1.165) is 49.1 Å². The minimum Gasteiger partial charge on any atom is -0.319 e. The molecule has 0 radical (unpaired) electrons. The van der Waals surface area contributed by atoms with Gasteiger partial charge in [-0.15, -0.1) is 0 Å². The van der Waals surface area contributed by atoms with E-state index < -0.39 is 11.6 Å². The predicted molar refractivity (Wildman–Crippen MR) is 100 cm³/mol. The highest BCUT2D eigenvalue weighted by Gasteiger charge is 2.50. The maximum absolute atomic E-state index is 13.0. The molecule has 1 saturated carbocycles. The highest BCUT2D eigenvalue weighted by molar-refractivity contribution is 6.09. The Morgan fingerprint density at radius 1 is 1.22 bits per heavy atom. The number of hydrogen-bond acceptors (Lipinski definition) is 3. The average Bonchev–Trinajstić information content (AvgIpc) is 3.48. The van der Waals surface area contributed by atoms with Crippen molar-refractivity contribution in [2.45, 2.75) is 57.0 Å². The Labute approximate surface area is 159 Å². The first-order chi connectivity index (χ1) is 13.0. The number of rotatable bonds is 5. The normalized spacial score (nSPS) is 25.2. The van der Waals surface area contributed by atoms with E-state index in [1.165, 1.54) is 0 Å². The van der Waals surface area contributed by atoms with Crippen LogP contribution in [0.15, 0.2) is 42.1 Å². The summed E-state index contributed by atoms with van der Waals surface area (Å²) in [5.41, 5.74) is 0.645. The van der Waals surface area contributed by atoms with E-state index in [4.69, 9.17) is 0 Å². The fourth-order valence-corrected chi connectivity index (χ4v) is 3.99. The highest BCUT2D eigenvalue weighted by atomic mass is 16.2. The summed E-state index contributed by atoms with van der Waals surface area (Å²) in [5, 5.41) is 2.77. The van der Waals surface area contributed by atoms with Crippen molar-refractivity contribution in [1.29, 1.82) is 0 Å². The van der Waals surface area contributed by atoms with Gasteiger partial charge in [-0.1, -0.05) is 36.4 Å². The van der Waals surface area contributed by atoms with Gasteiger partial charge in [0.15, 0.2) is 0 Å². The number of allylic oxidation sites excluding steroid dienone is 2. The van der Waals surface area contributed by atoms with Crippen LogP contribution in [-0.2, 0) is 15.1 Å². The minimum absolute atomic E-state index is 0.161. The standard InChI is InChI=1S/C21H25N3O3/c1-21(15-8-4-2-5-9-15)19(26)23(20(27)22-21)14-18(25)24(17-12-13-17)16-10-6-3-7-11-16/h2,4-5,8-10,17H,3,6-7,11-14H2,1H3,(H,22,27)/t21-/m1/s1. The predicted octanol–water partition coefficient (Wildman–Crippen LogP) is 2.90. The van der Waals surface area contributed by atoms with Gasteiger partial charge in [-0.05, 0) is 51.0 Å². The zero-order chi connectivity index (χ0) is 19.0. The van der Waals surface area contributed by atoms with E-state index in [1.54, 1.807) is 6.92 Å². The van der Waals surface area contributed by atoms with Crippen molar-refractivity contribution in [3.8, 4) is 0 Å². The summed E-state index contributed by atoms with van der Waals surface area (Å²) < 4.78 is 0. The third-order valence-electron chi connectivity index (χ3n) is 5.68. The van der Waals surface area contributed by atoms with Gasteiger partial charge in [-0.2, -0.15) is 0 Å². The molecule has 142 valence electrons. The van der Waals surface area contributed by atoms with Crippen molar-refractivity contribution in [3.05, 3.63) is 47.7 Å². The molecule has 2 fully saturated rings. The maximum atomic E-state index is 13.0. The summed E-state index contributed by atoms with van der Waals surface area (Å²) in [5.74, 6) is -0.535. The summed E-state index contributed by atoms with van der Waals surface area (Å²) >= 11 is 0. The van der Waals surface area contributed by atoms with Gasteiger partial charge in [-0.25, -0.2) is 4.79 Å². The van der Waals surface area contributed by atoms with Crippen LogP contribution in [-0.4, -0.2) is 40.2 Å². The largest absolute Gasteiger partial charge is 0.325 e.